The largest absolute Gasteiger partial charge is 0.460 e. The minimum Gasteiger partial charge on any atom is -0.460 e. The van der Waals surface area contributed by atoms with E-state index in [0.717, 1.165) is 0 Å². The summed E-state index contributed by atoms with van der Waals surface area (Å²) in [5, 5.41) is 0. The molecule has 0 aliphatic heterocycles. The first-order valence-electron chi connectivity index (χ1n) is 3.79. The molecule has 0 aliphatic rings. The Morgan fingerprint density at radius 1 is 1.50 bits per heavy atom. The van der Waals surface area contributed by atoms with Gasteiger partial charge in [0.05, 0.1) is 13.2 Å². The van der Waals surface area contributed by atoms with Gasteiger partial charge in [-0.3, -0.25) is 0 Å². The molecule has 0 radical (unpaired) electrons. The molecule has 0 saturated heterocycles. The summed E-state index contributed by atoms with van der Waals surface area (Å²) in [7, 11) is 0. The zero-order valence-electron chi connectivity index (χ0n) is 7.29. The number of carbonyl (C=O) groups is 1. The highest BCUT2D eigenvalue weighted by Crippen LogP contribution is 1.82. The molecule has 0 spiro atoms. The molecule has 3 heteroatoms. The zero-order valence-corrected chi connectivity index (χ0v) is 7.29. The fourth-order valence-corrected chi connectivity index (χ4v) is 0.552. The molecular formula is C9H14O3. The Hall–Kier alpha value is -1.09. The topological polar surface area (TPSA) is 35.5 Å². The first-order valence-corrected chi connectivity index (χ1v) is 3.79. The average molecular weight is 170 g/mol. The van der Waals surface area contributed by atoms with Crippen molar-refractivity contribution < 1.29 is 14.3 Å². The number of rotatable bonds is 6. The summed E-state index contributed by atoms with van der Waals surface area (Å²) in [5.74, 6) is -0.334. The highest BCUT2D eigenvalue weighted by molar-refractivity contribution is 5.81. The predicted molar refractivity (Wildman–Crippen MR) is 46.8 cm³/mol. The van der Waals surface area contributed by atoms with Crippen molar-refractivity contribution in [1.29, 1.82) is 0 Å². The summed E-state index contributed by atoms with van der Waals surface area (Å²) in [6, 6.07) is 0. The molecule has 0 aromatic carbocycles. The molecular weight excluding hydrogens is 156 g/mol. The van der Waals surface area contributed by atoms with Crippen molar-refractivity contribution in [2.45, 2.75) is 6.92 Å². The van der Waals surface area contributed by atoms with E-state index < -0.39 is 0 Å². The van der Waals surface area contributed by atoms with Crippen molar-refractivity contribution in [1.82, 2.24) is 0 Å². The van der Waals surface area contributed by atoms with Crippen molar-refractivity contribution in [2.24, 2.45) is 0 Å². The van der Waals surface area contributed by atoms with Crippen LogP contribution in [0.15, 0.2) is 24.8 Å². The molecule has 0 rings (SSSR count). The Kier molecular flexibility index (Phi) is 7.28. The number of esters is 1. The van der Waals surface area contributed by atoms with Gasteiger partial charge in [0.15, 0.2) is 0 Å². The van der Waals surface area contributed by atoms with Crippen LogP contribution in [0.3, 0.4) is 0 Å². The van der Waals surface area contributed by atoms with Crippen LogP contribution in [-0.4, -0.2) is 25.8 Å². The van der Waals surface area contributed by atoms with E-state index in [1.807, 2.05) is 0 Å². The maximum Gasteiger partial charge on any atom is 0.330 e. The maximum atomic E-state index is 10.7. The molecule has 0 unspecified atom stereocenters. The molecule has 68 valence electrons. The second-order valence-corrected chi connectivity index (χ2v) is 2.03. The summed E-state index contributed by atoms with van der Waals surface area (Å²) < 4.78 is 9.74. The molecule has 3 nitrogen and oxygen atoms in total. The quantitative estimate of drug-likeness (QED) is 0.261. The molecule has 0 amide bonds. The smallest absolute Gasteiger partial charge is 0.330 e. The van der Waals surface area contributed by atoms with E-state index in [9.17, 15) is 4.79 Å². The maximum absolute atomic E-state index is 10.7. The first-order chi connectivity index (χ1) is 5.81. The van der Waals surface area contributed by atoms with Gasteiger partial charge in [-0.1, -0.05) is 12.2 Å². The fraction of sp³-hybridized carbons (Fsp3) is 0.444. The second kappa shape index (κ2) is 8.01. The zero-order chi connectivity index (χ0) is 9.23. The van der Waals surface area contributed by atoms with Crippen LogP contribution >= 0.6 is 0 Å². The van der Waals surface area contributed by atoms with Gasteiger partial charge in [0.1, 0.15) is 6.61 Å². The number of allylic oxidation sites excluding steroid dienone is 1. The van der Waals surface area contributed by atoms with Gasteiger partial charge in [0, 0.05) is 6.08 Å². The SMILES string of the molecule is C=CCOCCOC(=O)C=CC. The lowest BCUT2D eigenvalue weighted by Gasteiger charge is -2.01. The van der Waals surface area contributed by atoms with Crippen molar-refractivity contribution in [3.8, 4) is 0 Å². The summed E-state index contributed by atoms with van der Waals surface area (Å²) >= 11 is 0. The van der Waals surface area contributed by atoms with E-state index in [4.69, 9.17) is 9.47 Å². The highest BCUT2D eigenvalue weighted by Gasteiger charge is 1.93. The second-order valence-electron chi connectivity index (χ2n) is 2.03. The average Bonchev–Trinajstić information content (AvgIpc) is 2.05. The number of hydrogen-bond donors (Lipinski definition) is 0. The highest BCUT2D eigenvalue weighted by atomic mass is 16.6. The molecule has 0 fully saturated rings. The van der Waals surface area contributed by atoms with E-state index in [-0.39, 0.29) is 12.6 Å². The Bertz CT molecular complexity index is 161. The van der Waals surface area contributed by atoms with Gasteiger partial charge in [-0.25, -0.2) is 4.79 Å². The number of hydrogen-bond acceptors (Lipinski definition) is 3. The van der Waals surface area contributed by atoms with Crippen molar-refractivity contribution in [3.63, 3.8) is 0 Å². The lowest BCUT2D eigenvalue weighted by Crippen LogP contribution is -2.08. The van der Waals surface area contributed by atoms with Crippen LogP contribution < -0.4 is 0 Å². The van der Waals surface area contributed by atoms with Gasteiger partial charge in [-0.05, 0) is 6.92 Å². The van der Waals surface area contributed by atoms with Crippen LogP contribution in [0.4, 0.5) is 0 Å². The lowest BCUT2D eigenvalue weighted by atomic mass is 10.5. The summed E-state index contributed by atoms with van der Waals surface area (Å²) in [5.41, 5.74) is 0. The van der Waals surface area contributed by atoms with Crippen LogP contribution in [0.2, 0.25) is 0 Å². The van der Waals surface area contributed by atoms with Gasteiger partial charge < -0.3 is 9.47 Å². The molecule has 0 atom stereocenters. The minimum atomic E-state index is -0.334. The molecule has 0 N–H and O–H groups in total. The molecule has 0 heterocycles. The molecule has 0 aromatic rings. The number of ether oxygens (including phenoxy) is 2. The van der Waals surface area contributed by atoms with E-state index in [1.54, 1.807) is 19.1 Å². The molecule has 0 saturated carbocycles. The summed E-state index contributed by atoms with van der Waals surface area (Å²) in [4.78, 5) is 10.7. The van der Waals surface area contributed by atoms with Gasteiger partial charge in [-0.2, -0.15) is 0 Å². The summed E-state index contributed by atoms with van der Waals surface area (Å²) in [6.45, 7) is 6.43. The fourth-order valence-electron chi connectivity index (χ4n) is 0.552. The summed E-state index contributed by atoms with van der Waals surface area (Å²) in [6.07, 6.45) is 4.65. The van der Waals surface area contributed by atoms with Crippen LogP contribution in [0.5, 0.6) is 0 Å². The monoisotopic (exact) mass is 170 g/mol. The Morgan fingerprint density at radius 3 is 2.83 bits per heavy atom. The van der Waals surface area contributed by atoms with E-state index in [2.05, 4.69) is 6.58 Å². The Balaban J connectivity index is 3.19. The van der Waals surface area contributed by atoms with E-state index >= 15 is 0 Å². The van der Waals surface area contributed by atoms with E-state index in [1.165, 1.54) is 6.08 Å². The van der Waals surface area contributed by atoms with E-state index in [0.29, 0.717) is 13.2 Å². The van der Waals surface area contributed by atoms with Crippen molar-refractivity contribution in [3.05, 3.63) is 24.8 Å². The Labute approximate surface area is 72.7 Å². The molecule has 0 aliphatic carbocycles. The third kappa shape index (κ3) is 7.02. The normalized spacial score (nSPS) is 10.1. The third-order valence-corrected chi connectivity index (χ3v) is 1.01. The lowest BCUT2D eigenvalue weighted by molar-refractivity contribution is -0.139. The Morgan fingerprint density at radius 2 is 2.25 bits per heavy atom. The number of carbonyl (C=O) groups excluding carboxylic acids is 1. The van der Waals surface area contributed by atoms with Crippen molar-refractivity contribution >= 4 is 5.97 Å². The van der Waals surface area contributed by atoms with Gasteiger partial charge in [0.2, 0.25) is 0 Å². The predicted octanol–water partition coefficient (Wildman–Crippen LogP) is 1.31. The van der Waals surface area contributed by atoms with Crippen LogP contribution in [0.1, 0.15) is 6.92 Å². The molecule has 0 bridgehead atoms. The van der Waals surface area contributed by atoms with Gasteiger partial charge in [-0.15, -0.1) is 6.58 Å². The molecule has 12 heavy (non-hydrogen) atoms. The van der Waals surface area contributed by atoms with Gasteiger partial charge >= 0.3 is 5.97 Å². The van der Waals surface area contributed by atoms with Crippen LogP contribution in [0.25, 0.3) is 0 Å². The van der Waals surface area contributed by atoms with Crippen molar-refractivity contribution in [2.75, 3.05) is 19.8 Å². The minimum absolute atomic E-state index is 0.289. The van der Waals surface area contributed by atoms with Crippen LogP contribution in [-0.2, 0) is 14.3 Å². The first kappa shape index (κ1) is 10.9. The third-order valence-electron chi connectivity index (χ3n) is 1.01. The molecule has 0 aromatic heterocycles. The van der Waals surface area contributed by atoms with Crippen LogP contribution in [0, 0.1) is 0 Å². The standard InChI is InChI=1S/C9H14O3/c1-3-5-9(10)12-8-7-11-6-4-2/h3-5H,2,6-8H2,1H3. The van der Waals surface area contributed by atoms with Gasteiger partial charge in [0.25, 0.3) is 0 Å².